The molecule has 2 aromatic rings. The van der Waals surface area contributed by atoms with Crippen molar-refractivity contribution in [1.82, 2.24) is 0 Å². The zero-order valence-corrected chi connectivity index (χ0v) is 12.3. The molecule has 0 bridgehead atoms. The van der Waals surface area contributed by atoms with Crippen LogP contribution in [0.15, 0.2) is 30.3 Å². The fourth-order valence-corrected chi connectivity index (χ4v) is 2.34. The number of nitro benzene ring substituents is 1. The van der Waals surface area contributed by atoms with E-state index < -0.39 is 22.5 Å². The number of amides is 1. The van der Waals surface area contributed by atoms with E-state index in [2.05, 4.69) is 0 Å². The third kappa shape index (κ3) is 2.49. The first-order valence-corrected chi connectivity index (χ1v) is 6.68. The van der Waals surface area contributed by atoms with Crippen LogP contribution in [-0.4, -0.2) is 24.7 Å². The van der Waals surface area contributed by atoms with Crippen molar-refractivity contribution >= 4 is 17.3 Å². The first-order chi connectivity index (χ1) is 11.4. The van der Waals surface area contributed by atoms with Gasteiger partial charge < -0.3 is 9.47 Å². The molecule has 0 saturated carbocycles. The summed E-state index contributed by atoms with van der Waals surface area (Å²) in [6, 6.07) is 5.22. The summed E-state index contributed by atoms with van der Waals surface area (Å²) in [7, 11) is 1.29. The Bertz CT molecular complexity index is 856. The third-order valence-electron chi connectivity index (χ3n) is 3.51. The molecular weight excluding hydrogens is 326 g/mol. The van der Waals surface area contributed by atoms with Gasteiger partial charge in [-0.3, -0.25) is 19.8 Å². The molecule has 24 heavy (non-hydrogen) atoms. The van der Waals surface area contributed by atoms with Gasteiger partial charge in [0.1, 0.15) is 11.5 Å². The summed E-state index contributed by atoms with van der Waals surface area (Å²) < 4.78 is 37.0. The monoisotopic (exact) mass is 336 g/mol. The zero-order valence-electron chi connectivity index (χ0n) is 12.3. The highest BCUT2D eigenvalue weighted by Crippen LogP contribution is 2.36. The van der Waals surface area contributed by atoms with Gasteiger partial charge in [0.15, 0.2) is 18.4 Å². The highest BCUT2D eigenvalue weighted by Gasteiger charge is 2.31. The molecule has 1 amide bonds. The van der Waals surface area contributed by atoms with Crippen molar-refractivity contribution in [1.29, 1.82) is 0 Å². The van der Waals surface area contributed by atoms with E-state index in [9.17, 15) is 23.7 Å². The summed E-state index contributed by atoms with van der Waals surface area (Å²) in [5.41, 5.74) is -0.154. The minimum absolute atomic E-state index is 0.0731. The molecule has 3 rings (SSSR count). The predicted molar refractivity (Wildman–Crippen MR) is 78.3 cm³/mol. The lowest BCUT2D eigenvalue weighted by Crippen LogP contribution is -2.39. The van der Waals surface area contributed by atoms with Crippen LogP contribution in [0.3, 0.4) is 0 Å². The van der Waals surface area contributed by atoms with Gasteiger partial charge in [-0.1, -0.05) is 0 Å². The van der Waals surface area contributed by atoms with E-state index in [4.69, 9.17) is 9.47 Å². The number of nitro groups is 1. The number of halogens is 2. The Morgan fingerprint density at radius 2 is 1.96 bits per heavy atom. The fraction of sp³-hybridized carbons (Fsp3) is 0.133. The molecule has 0 unspecified atom stereocenters. The van der Waals surface area contributed by atoms with E-state index in [1.165, 1.54) is 19.2 Å². The second-order valence-electron chi connectivity index (χ2n) is 4.88. The summed E-state index contributed by atoms with van der Waals surface area (Å²) in [5, 5.41) is 10.8. The van der Waals surface area contributed by atoms with Gasteiger partial charge in [-0.2, -0.15) is 0 Å². The van der Waals surface area contributed by atoms with Gasteiger partial charge in [0.2, 0.25) is 0 Å². The Hall–Kier alpha value is -3.23. The largest absolute Gasteiger partial charge is 0.494 e. The van der Waals surface area contributed by atoms with Crippen LogP contribution in [0.1, 0.15) is 10.4 Å². The Balaban J connectivity index is 2.03. The highest BCUT2D eigenvalue weighted by atomic mass is 19.2. The molecule has 0 radical (unpaired) electrons. The molecular formula is C15H10F2N2O5. The van der Waals surface area contributed by atoms with Gasteiger partial charge in [-0.05, 0) is 12.1 Å². The van der Waals surface area contributed by atoms with Crippen molar-refractivity contribution in [2.75, 3.05) is 18.7 Å². The van der Waals surface area contributed by atoms with Gasteiger partial charge in [0.25, 0.3) is 11.6 Å². The maximum absolute atomic E-state index is 13.4. The molecule has 0 saturated heterocycles. The molecule has 0 atom stereocenters. The minimum atomic E-state index is -1.18. The summed E-state index contributed by atoms with van der Waals surface area (Å²) in [6.07, 6.45) is 0. The Labute approximate surface area is 134 Å². The summed E-state index contributed by atoms with van der Waals surface area (Å²) in [5.74, 6) is -2.93. The number of ether oxygens (including phenoxy) is 2. The number of carbonyl (C=O) groups excluding carboxylic acids is 1. The van der Waals surface area contributed by atoms with Gasteiger partial charge >= 0.3 is 0 Å². The number of nitrogens with zero attached hydrogens (tertiary/aromatic N) is 2. The second kappa shape index (κ2) is 5.76. The fourth-order valence-electron chi connectivity index (χ4n) is 2.34. The highest BCUT2D eigenvalue weighted by molar-refractivity contribution is 6.09. The number of rotatable bonds is 3. The maximum atomic E-state index is 13.4. The van der Waals surface area contributed by atoms with E-state index in [-0.39, 0.29) is 35.2 Å². The minimum Gasteiger partial charge on any atom is -0.494 e. The summed E-state index contributed by atoms with van der Waals surface area (Å²) in [4.78, 5) is 23.9. The zero-order chi connectivity index (χ0) is 17.4. The number of benzene rings is 2. The molecule has 0 N–H and O–H groups in total. The number of hydrogen-bond donors (Lipinski definition) is 0. The van der Waals surface area contributed by atoms with Crippen LogP contribution in [0.2, 0.25) is 0 Å². The van der Waals surface area contributed by atoms with Crippen LogP contribution in [0.5, 0.6) is 11.5 Å². The number of carbonyl (C=O) groups is 1. The van der Waals surface area contributed by atoms with Crippen LogP contribution < -0.4 is 14.4 Å². The third-order valence-corrected chi connectivity index (χ3v) is 3.51. The Morgan fingerprint density at radius 3 is 2.62 bits per heavy atom. The van der Waals surface area contributed by atoms with Crippen molar-refractivity contribution in [3.8, 4) is 11.5 Å². The van der Waals surface area contributed by atoms with Gasteiger partial charge in [0, 0.05) is 12.1 Å². The van der Waals surface area contributed by atoms with Crippen LogP contribution >= 0.6 is 0 Å². The molecule has 0 aliphatic carbocycles. The van der Waals surface area contributed by atoms with E-state index in [0.29, 0.717) is 0 Å². The normalized spacial score (nSPS) is 13.3. The molecule has 0 fully saturated rings. The molecule has 2 aromatic carbocycles. The lowest BCUT2D eigenvalue weighted by atomic mass is 10.1. The predicted octanol–water partition coefficient (Wildman–Crippen LogP) is 2.88. The smallest absolute Gasteiger partial charge is 0.273 e. The van der Waals surface area contributed by atoms with Crippen molar-refractivity contribution in [3.05, 3.63) is 57.6 Å². The Morgan fingerprint density at radius 1 is 1.25 bits per heavy atom. The SMILES string of the molecule is COc1cc([N+](=O)[O-])ccc1N1COc2cc(F)c(F)cc2C1=O. The summed E-state index contributed by atoms with van der Waals surface area (Å²) >= 11 is 0. The van der Waals surface area contributed by atoms with Crippen molar-refractivity contribution in [2.24, 2.45) is 0 Å². The van der Waals surface area contributed by atoms with E-state index in [0.717, 1.165) is 23.1 Å². The Kier molecular flexibility index (Phi) is 3.76. The van der Waals surface area contributed by atoms with Gasteiger partial charge in [0.05, 0.1) is 29.4 Å². The van der Waals surface area contributed by atoms with Crippen LogP contribution in [0, 0.1) is 21.7 Å². The number of non-ortho nitro benzene ring substituents is 1. The van der Waals surface area contributed by atoms with Crippen molar-refractivity contribution < 1.29 is 28.0 Å². The molecule has 1 aliphatic heterocycles. The summed E-state index contributed by atoms with van der Waals surface area (Å²) in [6.45, 7) is -0.273. The standard InChI is InChI=1S/C15H10F2N2O5/c1-23-14-4-8(19(21)22)2-3-12(14)18-7-24-13-6-11(17)10(16)5-9(13)15(18)20/h2-6H,7H2,1H3. The molecule has 7 nitrogen and oxygen atoms in total. The second-order valence-corrected chi connectivity index (χ2v) is 4.88. The van der Waals surface area contributed by atoms with Gasteiger partial charge in [-0.25, -0.2) is 8.78 Å². The van der Waals surface area contributed by atoms with Crippen LogP contribution in [0.25, 0.3) is 0 Å². The lowest BCUT2D eigenvalue weighted by Gasteiger charge is -2.29. The van der Waals surface area contributed by atoms with Gasteiger partial charge in [-0.15, -0.1) is 0 Å². The first kappa shape index (κ1) is 15.7. The molecule has 124 valence electrons. The molecule has 9 heteroatoms. The number of fused-ring (bicyclic) bond motifs is 1. The first-order valence-electron chi connectivity index (χ1n) is 6.68. The molecule has 1 aliphatic rings. The quantitative estimate of drug-likeness (QED) is 0.636. The van der Waals surface area contributed by atoms with Crippen LogP contribution in [0.4, 0.5) is 20.2 Å². The number of methoxy groups -OCH3 is 1. The maximum Gasteiger partial charge on any atom is 0.273 e. The van der Waals surface area contributed by atoms with Crippen molar-refractivity contribution in [2.45, 2.75) is 0 Å². The van der Waals surface area contributed by atoms with E-state index in [1.54, 1.807) is 0 Å². The van der Waals surface area contributed by atoms with Crippen LogP contribution in [-0.2, 0) is 0 Å². The molecule has 0 spiro atoms. The number of anilines is 1. The van der Waals surface area contributed by atoms with Crippen molar-refractivity contribution in [3.63, 3.8) is 0 Å². The number of hydrogen-bond acceptors (Lipinski definition) is 5. The molecule has 1 heterocycles. The molecule has 0 aromatic heterocycles. The average molecular weight is 336 g/mol. The van der Waals surface area contributed by atoms with E-state index in [1.807, 2.05) is 0 Å². The average Bonchev–Trinajstić information content (AvgIpc) is 2.56. The lowest BCUT2D eigenvalue weighted by molar-refractivity contribution is -0.384. The van der Waals surface area contributed by atoms with E-state index >= 15 is 0 Å². The topological polar surface area (TPSA) is 81.9 Å².